The number of hydrogen-bond donors (Lipinski definition) is 1. The van der Waals surface area contributed by atoms with E-state index in [9.17, 15) is 5.11 Å². The first-order valence-corrected chi connectivity index (χ1v) is 3.74. The van der Waals surface area contributed by atoms with Gasteiger partial charge in [0.2, 0.25) is 5.88 Å². The van der Waals surface area contributed by atoms with E-state index in [4.69, 9.17) is 0 Å². The second-order valence-electron chi connectivity index (χ2n) is 2.70. The highest BCUT2D eigenvalue weighted by molar-refractivity contribution is 5.98. The molecule has 1 aromatic rings. The van der Waals surface area contributed by atoms with Crippen LogP contribution in [-0.4, -0.2) is 27.4 Å². The molecule has 0 aliphatic carbocycles. The van der Waals surface area contributed by atoms with Gasteiger partial charge in [-0.1, -0.05) is 0 Å². The number of rotatable bonds is 1. The number of aryl methyl sites for hydroxylation is 1. The summed E-state index contributed by atoms with van der Waals surface area (Å²) in [7, 11) is 3.45. The Hall–Kier alpha value is -1.32. The first kappa shape index (κ1) is 8.77. The third kappa shape index (κ3) is 1.20. The normalized spacial score (nSPS) is 12.2. The van der Waals surface area contributed by atoms with Crippen molar-refractivity contribution in [3.05, 3.63) is 11.5 Å². The van der Waals surface area contributed by atoms with Gasteiger partial charge in [-0.15, -0.1) is 0 Å². The molecule has 4 heteroatoms. The summed E-state index contributed by atoms with van der Waals surface area (Å²) in [6.45, 7) is 3.66. The molecule has 0 aliphatic heterocycles. The van der Waals surface area contributed by atoms with Crippen LogP contribution in [0.15, 0.2) is 4.99 Å². The zero-order valence-electron chi connectivity index (χ0n) is 7.79. The summed E-state index contributed by atoms with van der Waals surface area (Å²) < 4.78 is 1.63. The zero-order chi connectivity index (χ0) is 9.30. The SMILES string of the molecule is CN=C(C)c1nc(C)n(C)c1O. The summed E-state index contributed by atoms with van der Waals surface area (Å²) in [5.74, 6) is 0.959. The van der Waals surface area contributed by atoms with Gasteiger partial charge in [0.05, 0.1) is 5.71 Å². The molecule has 0 atom stereocenters. The van der Waals surface area contributed by atoms with Gasteiger partial charge in [-0.2, -0.15) is 0 Å². The number of aromatic hydroxyl groups is 1. The zero-order valence-corrected chi connectivity index (χ0v) is 7.79. The molecule has 0 spiro atoms. The van der Waals surface area contributed by atoms with Gasteiger partial charge in [-0.3, -0.25) is 4.99 Å². The molecule has 0 radical (unpaired) electrons. The maximum atomic E-state index is 9.54. The molecular formula is C8H13N3O. The molecule has 4 nitrogen and oxygen atoms in total. The fourth-order valence-corrected chi connectivity index (χ4v) is 0.948. The highest BCUT2D eigenvalue weighted by Gasteiger charge is 2.12. The number of aliphatic imine (C=N–C) groups is 1. The molecule has 0 bridgehead atoms. The van der Waals surface area contributed by atoms with Crippen molar-refractivity contribution in [2.45, 2.75) is 13.8 Å². The molecule has 12 heavy (non-hydrogen) atoms. The fourth-order valence-electron chi connectivity index (χ4n) is 0.948. The maximum absolute atomic E-state index is 9.54. The molecule has 0 saturated carbocycles. The van der Waals surface area contributed by atoms with Gasteiger partial charge in [-0.05, 0) is 13.8 Å². The van der Waals surface area contributed by atoms with E-state index in [2.05, 4.69) is 9.98 Å². The lowest BCUT2D eigenvalue weighted by Gasteiger charge is -1.96. The van der Waals surface area contributed by atoms with Crippen LogP contribution in [-0.2, 0) is 7.05 Å². The van der Waals surface area contributed by atoms with E-state index in [-0.39, 0.29) is 5.88 Å². The van der Waals surface area contributed by atoms with Crippen LogP contribution in [0.4, 0.5) is 0 Å². The van der Waals surface area contributed by atoms with E-state index in [1.807, 2.05) is 13.8 Å². The van der Waals surface area contributed by atoms with Crippen LogP contribution in [0, 0.1) is 6.92 Å². The molecule has 0 fully saturated rings. The van der Waals surface area contributed by atoms with Crippen LogP contribution >= 0.6 is 0 Å². The van der Waals surface area contributed by atoms with Crippen molar-refractivity contribution in [1.29, 1.82) is 0 Å². The first-order chi connectivity index (χ1) is 5.57. The van der Waals surface area contributed by atoms with Crippen molar-refractivity contribution in [3.63, 3.8) is 0 Å². The Labute approximate surface area is 71.6 Å². The number of aromatic nitrogens is 2. The van der Waals surface area contributed by atoms with Crippen LogP contribution in [0.25, 0.3) is 0 Å². The van der Waals surface area contributed by atoms with E-state index < -0.39 is 0 Å². The van der Waals surface area contributed by atoms with Crippen molar-refractivity contribution >= 4 is 5.71 Å². The Morgan fingerprint density at radius 2 is 2.17 bits per heavy atom. The molecular weight excluding hydrogens is 154 g/mol. The van der Waals surface area contributed by atoms with Crippen LogP contribution in [0.1, 0.15) is 18.4 Å². The van der Waals surface area contributed by atoms with Crippen molar-refractivity contribution in [3.8, 4) is 5.88 Å². The van der Waals surface area contributed by atoms with E-state index in [0.717, 1.165) is 11.5 Å². The van der Waals surface area contributed by atoms with Gasteiger partial charge in [0.25, 0.3) is 0 Å². The number of nitrogens with zero attached hydrogens (tertiary/aromatic N) is 3. The van der Waals surface area contributed by atoms with Crippen LogP contribution in [0.3, 0.4) is 0 Å². The van der Waals surface area contributed by atoms with Crippen LogP contribution in [0.2, 0.25) is 0 Å². The second-order valence-corrected chi connectivity index (χ2v) is 2.70. The van der Waals surface area contributed by atoms with E-state index in [1.165, 1.54) is 0 Å². The lowest BCUT2D eigenvalue weighted by atomic mass is 10.3. The lowest BCUT2D eigenvalue weighted by molar-refractivity contribution is 0.429. The third-order valence-corrected chi connectivity index (χ3v) is 1.97. The minimum absolute atomic E-state index is 0.176. The third-order valence-electron chi connectivity index (χ3n) is 1.97. The second kappa shape index (κ2) is 2.97. The Balaban J connectivity index is 3.27. The molecule has 1 rings (SSSR count). The maximum Gasteiger partial charge on any atom is 0.220 e. The summed E-state index contributed by atoms with van der Waals surface area (Å²) in [5, 5.41) is 9.54. The van der Waals surface area contributed by atoms with Gasteiger partial charge in [0, 0.05) is 14.1 Å². The fraction of sp³-hybridized carbons (Fsp3) is 0.500. The average molecular weight is 167 g/mol. The summed E-state index contributed by atoms with van der Waals surface area (Å²) in [4.78, 5) is 8.12. The molecule has 0 unspecified atom stereocenters. The Morgan fingerprint density at radius 1 is 1.58 bits per heavy atom. The first-order valence-electron chi connectivity index (χ1n) is 3.74. The Morgan fingerprint density at radius 3 is 2.50 bits per heavy atom. The molecule has 0 amide bonds. The van der Waals surface area contributed by atoms with Crippen molar-refractivity contribution in [2.24, 2.45) is 12.0 Å². The molecule has 1 N–H and O–H groups in total. The molecule has 66 valence electrons. The summed E-state index contributed by atoms with van der Waals surface area (Å²) >= 11 is 0. The summed E-state index contributed by atoms with van der Waals surface area (Å²) in [5.41, 5.74) is 1.31. The molecule has 1 heterocycles. The molecule has 0 aliphatic rings. The standard InChI is InChI=1S/C8H13N3O/c1-5(9-3)7-8(12)11(4)6(2)10-7/h12H,1-4H3. The molecule has 1 aromatic heterocycles. The van der Waals surface area contributed by atoms with Crippen molar-refractivity contribution in [1.82, 2.24) is 9.55 Å². The smallest absolute Gasteiger partial charge is 0.220 e. The quantitative estimate of drug-likeness (QED) is 0.631. The van der Waals surface area contributed by atoms with Gasteiger partial charge in [0.1, 0.15) is 11.5 Å². The van der Waals surface area contributed by atoms with E-state index in [1.54, 1.807) is 18.7 Å². The molecule has 0 saturated heterocycles. The summed E-state index contributed by atoms with van der Waals surface area (Å²) in [6.07, 6.45) is 0. The average Bonchev–Trinajstić information content (AvgIpc) is 2.32. The van der Waals surface area contributed by atoms with Gasteiger partial charge >= 0.3 is 0 Å². The Bertz CT molecular complexity index is 325. The molecule has 0 aromatic carbocycles. The van der Waals surface area contributed by atoms with Crippen molar-refractivity contribution in [2.75, 3.05) is 7.05 Å². The predicted molar refractivity (Wildman–Crippen MR) is 47.7 cm³/mol. The predicted octanol–water partition coefficient (Wildman–Crippen LogP) is 0.873. The van der Waals surface area contributed by atoms with Gasteiger partial charge < -0.3 is 9.67 Å². The Kier molecular flexibility index (Phi) is 2.17. The van der Waals surface area contributed by atoms with Gasteiger partial charge in [0.15, 0.2) is 0 Å². The number of imidazole rings is 1. The lowest BCUT2D eigenvalue weighted by Crippen LogP contribution is -1.95. The van der Waals surface area contributed by atoms with Crippen molar-refractivity contribution < 1.29 is 5.11 Å². The van der Waals surface area contributed by atoms with Gasteiger partial charge in [-0.25, -0.2) is 4.98 Å². The summed E-state index contributed by atoms with van der Waals surface area (Å²) in [6, 6.07) is 0. The van der Waals surface area contributed by atoms with E-state index >= 15 is 0 Å². The minimum atomic E-state index is 0.176. The number of hydrogen-bond acceptors (Lipinski definition) is 3. The van der Waals surface area contributed by atoms with E-state index in [0.29, 0.717) is 5.69 Å². The van der Waals surface area contributed by atoms with Crippen LogP contribution in [0.5, 0.6) is 5.88 Å². The largest absolute Gasteiger partial charge is 0.493 e. The monoisotopic (exact) mass is 167 g/mol. The highest BCUT2D eigenvalue weighted by Crippen LogP contribution is 2.17. The minimum Gasteiger partial charge on any atom is -0.493 e. The topological polar surface area (TPSA) is 50.4 Å². The van der Waals surface area contributed by atoms with Crippen LogP contribution < -0.4 is 0 Å². The highest BCUT2D eigenvalue weighted by atomic mass is 16.3.